The van der Waals surface area contributed by atoms with Crippen molar-refractivity contribution in [1.29, 1.82) is 0 Å². The van der Waals surface area contributed by atoms with Gasteiger partial charge in [-0.25, -0.2) is 0 Å². The summed E-state index contributed by atoms with van der Waals surface area (Å²) in [6, 6.07) is 0. The minimum atomic E-state index is -0.474. The molecule has 1 atom stereocenters. The van der Waals surface area contributed by atoms with Gasteiger partial charge in [0.2, 0.25) is 5.91 Å². The van der Waals surface area contributed by atoms with Crippen molar-refractivity contribution >= 4 is 27.7 Å². The highest BCUT2D eigenvalue weighted by molar-refractivity contribution is 9.12. The molecule has 1 fully saturated rings. The van der Waals surface area contributed by atoms with Gasteiger partial charge in [-0.05, 0) is 18.2 Å². The lowest BCUT2D eigenvalue weighted by Gasteiger charge is -2.21. The Morgan fingerprint density at radius 1 is 1.53 bits per heavy atom. The zero-order valence-electron chi connectivity index (χ0n) is 8.76. The Kier molecular flexibility index (Phi) is 3.75. The molecule has 1 N–H and O–H groups in total. The Morgan fingerprint density at radius 3 is 2.73 bits per heavy atom. The molecule has 5 heteroatoms. The van der Waals surface area contributed by atoms with Crippen LogP contribution in [0.25, 0.3) is 0 Å². The van der Waals surface area contributed by atoms with Crippen molar-refractivity contribution < 1.29 is 9.59 Å². The SMILES string of the molecule is CNC(=O)C1(C)CCN(C(=O)C#CBr)C1. The molecule has 82 valence electrons. The van der Waals surface area contributed by atoms with Gasteiger partial charge < -0.3 is 10.2 Å². The third-order valence-electron chi connectivity index (χ3n) is 2.69. The van der Waals surface area contributed by atoms with Crippen LogP contribution in [0.4, 0.5) is 0 Å². The summed E-state index contributed by atoms with van der Waals surface area (Å²) in [5.74, 6) is 2.14. The fraction of sp³-hybridized carbons (Fsp3) is 0.600. The van der Waals surface area contributed by atoms with Gasteiger partial charge in [-0.1, -0.05) is 0 Å². The maximum atomic E-state index is 11.6. The van der Waals surface area contributed by atoms with Gasteiger partial charge in [-0.2, -0.15) is 0 Å². The van der Waals surface area contributed by atoms with Crippen molar-refractivity contribution in [2.24, 2.45) is 5.41 Å². The van der Waals surface area contributed by atoms with E-state index in [0.29, 0.717) is 19.5 Å². The Balaban J connectivity index is 2.69. The Hall–Kier alpha value is -1.02. The second-order valence-corrected chi connectivity index (χ2v) is 4.23. The minimum Gasteiger partial charge on any atom is -0.359 e. The van der Waals surface area contributed by atoms with Gasteiger partial charge >= 0.3 is 0 Å². The number of nitrogens with zero attached hydrogens (tertiary/aromatic N) is 1. The number of halogens is 1. The molecule has 0 radical (unpaired) electrons. The summed E-state index contributed by atoms with van der Waals surface area (Å²) in [4.78, 5) is 27.0. The Labute approximate surface area is 97.5 Å². The first-order valence-electron chi connectivity index (χ1n) is 4.66. The largest absolute Gasteiger partial charge is 0.359 e. The van der Waals surface area contributed by atoms with Crippen molar-refractivity contribution in [3.63, 3.8) is 0 Å². The normalized spacial score (nSPS) is 24.3. The van der Waals surface area contributed by atoms with Crippen LogP contribution in [0.5, 0.6) is 0 Å². The van der Waals surface area contributed by atoms with E-state index in [1.165, 1.54) is 0 Å². The number of likely N-dealkylation sites (tertiary alicyclic amines) is 1. The molecular formula is C10H13BrN2O2. The van der Waals surface area contributed by atoms with Crippen molar-refractivity contribution in [3.8, 4) is 10.8 Å². The zero-order valence-corrected chi connectivity index (χ0v) is 10.3. The summed E-state index contributed by atoms with van der Waals surface area (Å²) in [5, 5.41) is 2.62. The van der Waals surface area contributed by atoms with E-state index in [2.05, 4.69) is 32.0 Å². The lowest BCUT2D eigenvalue weighted by Crippen LogP contribution is -2.40. The van der Waals surface area contributed by atoms with Crippen LogP contribution in [0.3, 0.4) is 0 Å². The number of rotatable bonds is 1. The summed E-state index contributed by atoms with van der Waals surface area (Å²) in [6.07, 6.45) is 0.683. The number of carbonyl (C=O) groups excluding carboxylic acids is 2. The van der Waals surface area contributed by atoms with Gasteiger partial charge in [0.05, 0.1) is 5.41 Å². The molecule has 0 aliphatic carbocycles. The van der Waals surface area contributed by atoms with Crippen molar-refractivity contribution in [1.82, 2.24) is 10.2 Å². The molecule has 1 unspecified atom stereocenters. The molecule has 0 aromatic heterocycles. The smallest absolute Gasteiger partial charge is 0.299 e. The second kappa shape index (κ2) is 4.67. The summed E-state index contributed by atoms with van der Waals surface area (Å²) < 4.78 is 0. The number of carbonyl (C=O) groups is 2. The van der Waals surface area contributed by atoms with Crippen LogP contribution in [0.15, 0.2) is 0 Å². The molecule has 0 bridgehead atoms. The summed E-state index contributed by atoms with van der Waals surface area (Å²) in [5.41, 5.74) is -0.474. The van der Waals surface area contributed by atoms with Crippen LogP contribution >= 0.6 is 15.9 Å². The molecule has 0 saturated carbocycles. The van der Waals surface area contributed by atoms with Crippen molar-refractivity contribution in [3.05, 3.63) is 0 Å². The first-order chi connectivity index (χ1) is 7.03. The molecule has 2 amide bonds. The van der Waals surface area contributed by atoms with Gasteiger partial charge in [0, 0.05) is 42.0 Å². The van der Waals surface area contributed by atoms with E-state index in [1.807, 2.05) is 6.92 Å². The number of nitrogens with one attached hydrogen (secondary N) is 1. The van der Waals surface area contributed by atoms with Gasteiger partial charge in [-0.3, -0.25) is 9.59 Å². The van der Waals surface area contributed by atoms with Crippen LogP contribution in [-0.2, 0) is 9.59 Å². The summed E-state index contributed by atoms with van der Waals surface area (Å²) in [6.45, 7) is 2.89. The van der Waals surface area contributed by atoms with Gasteiger partial charge in [0.1, 0.15) is 0 Å². The van der Waals surface area contributed by atoms with E-state index in [1.54, 1.807) is 11.9 Å². The third-order valence-corrected chi connectivity index (χ3v) is 2.89. The standard InChI is InChI=1S/C10H13BrN2O2/c1-10(9(15)12-2)4-6-13(7-10)8(14)3-5-11/h4,6-7H2,1-2H3,(H,12,15). The van der Waals surface area contributed by atoms with E-state index in [0.717, 1.165) is 0 Å². The third kappa shape index (κ3) is 2.51. The zero-order chi connectivity index (χ0) is 11.5. The monoisotopic (exact) mass is 272 g/mol. The van der Waals surface area contributed by atoms with E-state index < -0.39 is 5.41 Å². The summed E-state index contributed by atoms with van der Waals surface area (Å²) in [7, 11) is 1.61. The average molecular weight is 273 g/mol. The fourth-order valence-electron chi connectivity index (χ4n) is 1.74. The predicted molar refractivity (Wildman–Crippen MR) is 60.1 cm³/mol. The second-order valence-electron chi connectivity index (χ2n) is 3.84. The van der Waals surface area contributed by atoms with E-state index in [-0.39, 0.29) is 11.8 Å². The average Bonchev–Trinajstić information content (AvgIpc) is 2.61. The maximum Gasteiger partial charge on any atom is 0.299 e. The molecule has 1 aliphatic rings. The van der Waals surface area contributed by atoms with Gasteiger partial charge in [-0.15, -0.1) is 0 Å². The van der Waals surface area contributed by atoms with Gasteiger partial charge in [0.15, 0.2) is 0 Å². The van der Waals surface area contributed by atoms with E-state index >= 15 is 0 Å². The number of hydrogen-bond donors (Lipinski definition) is 1. The molecule has 0 spiro atoms. The topological polar surface area (TPSA) is 49.4 Å². The Bertz CT molecular complexity index is 345. The molecular weight excluding hydrogens is 260 g/mol. The molecule has 1 aliphatic heterocycles. The highest BCUT2D eigenvalue weighted by Crippen LogP contribution is 2.29. The molecule has 4 nitrogen and oxygen atoms in total. The number of amides is 2. The molecule has 1 rings (SSSR count). The van der Waals surface area contributed by atoms with E-state index in [4.69, 9.17) is 0 Å². The van der Waals surface area contributed by atoms with Crippen LogP contribution in [0, 0.1) is 16.2 Å². The molecule has 15 heavy (non-hydrogen) atoms. The van der Waals surface area contributed by atoms with Crippen molar-refractivity contribution in [2.75, 3.05) is 20.1 Å². The van der Waals surface area contributed by atoms with Crippen LogP contribution in [0.2, 0.25) is 0 Å². The quantitative estimate of drug-likeness (QED) is 0.700. The molecule has 0 aromatic rings. The number of hydrogen-bond acceptors (Lipinski definition) is 2. The van der Waals surface area contributed by atoms with Crippen LogP contribution in [0.1, 0.15) is 13.3 Å². The van der Waals surface area contributed by atoms with Crippen LogP contribution in [-0.4, -0.2) is 36.9 Å². The lowest BCUT2D eigenvalue weighted by molar-refractivity contribution is -0.130. The minimum absolute atomic E-state index is 0.0235. The summed E-state index contributed by atoms with van der Waals surface area (Å²) >= 11 is 2.88. The predicted octanol–water partition coefficient (Wildman–Crippen LogP) is 0.327. The Morgan fingerprint density at radius 2 is 2.20 bits per heavy atom. The molecule has 0 aromatic carbocycles. The highest BCUT2D eigenvalue weighted by Gasteiger charge is 2.41. The maximum absolute atomic E-state index is 11.6. The fourth-order valence-corrected chi connectivity index (χ4v) is 1.91. The lowest BCUT2D eigenvalue weighted by atomic mass is 9.89. The first kappa shape index (κ1) is 12.1. The highest BCUT2D eigenvalue weighted by atomic mass is 79.9. The van der Waals surface area contributed by atoms with Crippen molar-refractivity contribution in [2.45, 2.75) is 13.3 Å². The molecule has 1 heterocycles. The first-order valence-corrected chi connectivity index (χ1v) is 5.45. The van der Waals surface area contributed by atoms with E-state index in [9.17, 15) is 9.59 Å². The van der Waals surface area contributed by atoms with Gasteiger partial charge in [0.25, 0.3) is 5.91 Å². The molecule has 1 saturated heterocycles. The van der Waals surface area contributed by atoms with Crippen LogP contribution < -0.4 is 5.32 Å².